The number of hydrogen-bond donors (Lipinski definition) is 2. The van der Waals surface area contributed by atoms with Crippen LogP contribution in [-0.4, -0.2) is 60.0 Å². The number of rotatable bonds is 2. The first-order valence-electron chi connectivity index (χ1n) is 9.21. The van der Waals surface area contributed by atoms with Crippen molar-refractivity contribution in [3.8, 4) is 0 Å². The molecule has 3 rings (SSSR count). The maximum Gasteiger partial charge on any atom is 0.321 e. The van der Waals surface area contributed by atoms with Crippen molar-refractivity contribution in [1.82, 2.24) is 15.1 Å². The van der Waals surface area contributed by atoms with E-state index in [0.29, 0.717) is 19.1 Å². The van der Waals surface area contributed by atoms with Gasteiger partial charge < -0.3 is 20.4 Å². The second kappa shape index (κ2) is 7.87. The maximum atomic E-state index is 13.0. The average Bonchev–Trinajstić information content (AvgIpc) is 2.64. The van der Waals surface area contributed by atoms with E-state index in [9.17, 15) is 9.59 Å². The lowest BCUT2D eigenvalue weighted by Crippen LogP contribution is -2.59. The molecule has 6 heteroatoms. The lowest BCUT2D eigenvalue weighted by atomic mass is 9.95. The molecule has 2 aliphatic rings. The lowest BCUT2D eigenvalue weighted by molar-refractivity contribution is -0.140. The van der Waals surface area contributed by atoms with Crippen molar-refractivity contribution in [1.29, 1.82) is 0 Å². The van der Waals surface area contributed by atoms with Crippen LogP contribution in [-0.2, 0) is 4.79 Å². The summed E-state index contributed by atoms with van der Waals surface area (Å²) in [5.74, 6) is 0.0982. The number of nitrogens with zero attached hydrogens (tertiary/aromatic N) is 2. The molecule has 3 amide bonds. The van der Waals surface area contributed by atoms with Crippen LogP contribution < -0.4 is 10.6 Å². The highest BCUT2D eigenvalue weighted by atomic mass is 16.2. The van der Waals surface area contributed by atoms with Gasteiger partial charge in [-0.3, -0.25) is 4.79 Å². The van der Waals surface area contributed by atoms with Crippen LogP contribution in [0.4, 0.5) is 10.5 Å². The summed E-state index contributed by atoms with van der Waals surface area (Å²) in [5, 5.41) is 6.32. The predicted molar refractivity (Wildman–Crippen MR) is 98.4 cm³/mol. The van der Waals surface area contributed by atoms with Crippen LogP contribution in [0.1, 0.15) is 26.7 Å². The first-order valence-corrected chi connectivity index (χ1v) is 9.21. The Labute approximate surface area is 149 Å². The van der Waals surface area contributed by atoms with Crippen LogP contribution >= 0.6 is 0 Å². The Morgan fingerprint density at radius 2 is 1.92 bits per heavy atom. The number of anilines is 1. The standard InChI is InChI=1S/C19H28N4O2/c1-14-15(2)23(12-10-20-14)18(24)16-7-6-11-22(13-16)19(25)21-17-8-4-3-5-9-17/h3-5,8-9,14-16,20H,6-7,10-13H2,1-2H3,(H,21,25). The van der Waals surface area contributed by atoms with E-state index < -0.39 is 0 Å². The summed E-state index contributed by atoms with van der Waals surface area (Å²) >= 11 is 0. The van der Waals surface area contributed by atoms with Crippen molar-refractivity contribution in [3.63, 3.8) is 0 Å². The number of urea groups is 1. The monoisotopic (exact) mass is 344 g/mol. The molecule has 0 aliphatic carbocycles. The Hall–Kier alpha value is -2.08. The molecule has 0 aromatic heterocycles. The molecule has 2 saturated heterocycles. The third-order valence-corrected chi connectivity index (χ3v) is 5.40. The smallest absolute Gasteiger partial charge is 0.321 e. The van der Waals surface area contributed by atoms with E-state index in [1.54, 1.807) is 4.90 Å². The Morgan fingerprint density at radius 3 is 2.68 bits per heavy atom. The fourth-order valence-corrected chi connectivity index (χ4v) is 3.69. The fourth-order valence-electron chi connectivity index (χ4n) is 3.69. The Bertz CT molecular complexity index is 607. The minimum Gasteiger partial charge on any atom is -0.337 e. The molecule has 2 N–H and O–H groups in total. The van der Waals surface area contributed by atoms with Crippen LogP contribution in [0.2, 0.25) is 0 Å². The number of benzene rings is 1. The molecule has 6 nitrogen and oxygen atoms in total. The van der Waals surface area contributed by atoms with E-state index >= 15 is 0 Å². The van der Waals surface area contributed by atoms with E-state index in [2.05, 4.69) is 24.5 Å². The van der Waals surface area contributed by atoms with E-state index in [0.717, 1.165) is 31.6 Å². The predicted octanol–water partition coefficient (Wildman–Crippen LogP) is 2.14. The summed E-state index contributed by atoms with van der Waals surface area (Å²) in [4.78, 5) is 29.2. The van der Waals surface area contributed by atoms with Crippen LogP contribution in [0, 0.1) is 5.92 Å². The van der Waals surface area contributed by atoms with Crippen molar-refractivity contribution in [2.45, 2.75) is 38.8 Å². The van der Waals surface area contributed by atoms with E-state index in [1.807, 2.05) is 35.2 Å². The SMILES string of the molecule is CC1NCCN(C(=O)C2CCCN(C(=O)Nc3ccccc3)C2)C1C. The zero-order chi connectivity index (χ0) is 17.8. The highest BCUT2D eigenvalue weighted by Crippen LogP contribution is 2.22. The number of para-hydroxylation sites is 1. The summed E-state index contributed by atoms with van der Waals surface area (Å²) in [6.45, 7) is 7.00. The molecular weight excluding hydrogens is 316 g/mol. The molecule has 3 unspecified atom stereocenters. The van der Waals surface area contributed by atoms with Gasteiger partial charge in [0.1, 0.15) is 0 Å². The number of hydrogen-bond acceptors (Lipinski definition) is 3. The second-order valence-electron chi connectivity index (χ2n) is 7.10. The summed E-state index contributed by atoms with van der Waals surface area (Å²) in [7, 11) is 0. The highest BCUT2D eigenvalue weighted by molar-refractivity contribution is 5.90. The zero-order valence-electron chi connectivity index (χ0n) is 15.1. The van der Waals surface area contributed by atoms with Gasteiger partial charge in [0.2, 0.25) is 5.91 Å². The molecule has 2 heterocycles. The Kier molecular flexibility index (Phi) is 5.58. The van der Waals surface area contributed by atoms with Gasteiger partial charge in [0, 0.05) is 44.0 Å². The Balaban J connectivity index is 1.60. The second-order valence-corrected chi connectivity index (χ2v) is 7.10. The molecule has 3 atom stereocenters. The first kappa shape index (κ1) is 17.7. The molecule has 1 aromatic carbocycles. The lowest BCUT2D eigenvalue weighted by Gasteiger charge is -2.42. The number of carbonyl (C=O) groups is 2. The van der Waals surface area contributed by atoms with Gasteiger partial charge in [-0.1, -0.05) is 18.2 Å². The largest absolute Gasteiger partial charge is 0.337 e. The number of carbonyl (C=O) groups excluding carboxylic acids is 2. The molecule has 136 valence electrons. The van der Waals surface area contributed by atoms with Gasteiger partial charge in [0.25, 0.3) is 0 Å². The summed E-state index contributed by atoms with van der Waals surface area (Å²) in [6, 6.07) is 9.82. The Morgan fingerprint density at radius 1 is 1.16 bits per heavy atom. The number of piperazine rings is 1. The van der Waals surface area contributed by atoms with E-state index in [1.165, 1.54) is 0 Å². The molecule has 0 spiro atoms. The maximum absolute atomic E-state index is 13.0. The van der Waals surface area contributed by atoms with Crippen molar-refractivity contribution in [2.24, 2.45) is 5.92 Å². The van der Waals surface area contributed by atoms with Crippen LogP contribution in [0.15, 0.2) is 30.3 Å². The number of piperidine rings is 1. The van der Waals surface area contributed by atoms with Gasteiger partial charge in [-0.15, -0.1) is 0 Å². The molecule has 0 radical (unpaired) electrons. The van der Waals surface area contributed by atoms with Gasteiger partial charge in [-0.25, -0.2) is 4.79 Å². The molecule has 2 aliphatic heterocycles. The quantitative estimate of drug-likeness (QED) is 0.864. The van der Waals surface area contributed by atoms with Gasteiger partial charge in [-0.05, 0) is 38.8 Å². The van der Waals surface area contributed by atoms with Crippen LogP contribution in [0.25, 0.3) is 0 Å². The number of likely N-dealkylation sites (tertiary alicyclic amines) is 1. The minimum atomic E-state index is -0.120. The van der Waals surface area contributed by atoms with Gasteiger partial charge in [0.05, 0.1) is 5.92 Å². The zero-order valence-corrected chi connectivity index (χ0v) is 15.1. The van der Waals surface area contributed by atoms with E-state index in [-0.39, 0.29) is 23.9 Å². The minimum absolute atomic E-state index is 0.0944. The molecule has 0 bridgehead atoms. The summed E-state index contributed by atoms with van der Waals surface area (Å²) in [6.07, 6.45) is 1.73. The molecule has 2 fully saturated rings. The topological polar surface area (TPSA) is 64.7 Å². The van der Waals surface area contributed by atoms with Crippen molar-refractivity contribution < 1.29 is 9.59 Å². The van der Waals surface area contributed by atoms with Gasteiger partial charge in [0.15, 0.2) is 0 Å². The summed E-state index contributed by atoms with van der Waals surface area (Å²) < 4.78 is 0. The average molecular weight is 344 g/mol. The number of nitrogens with one attached hydrogen (secondary N) is 2. The third kappa shape index (κ3) is 4.12. The van der Waals surface area contributed by atoms with Gasteiger partial charge >= 0.3 is 6.03 Å². The first-order chi connectivity index (χ1) is 12.1. The van der Waals surface area contributed by atoms with Crippen LogP contribution in [0.5, 0.6) is 0 Å². The van der Waals surface area contributed by atoms with E-state index in [4.69, 9.17) is 0 Å². The fraction of sp³-hybridized carbons (Fsp3) is 0.579. The van der Waals surface area contributed by atoms with Crippen molar-refractivity contribution in [2.75, 3.05) is 31.5 Å². The highest BCUT2D eigenvalue weighted by Gasteiger charge is 2.35. The van der Waals surface area contributed by atoms with Crippen LogP contribution in [0.3, 0.4) is 0 Å². The normalized spacial score (nSPS) is 27.0. The number of amides is 3. The summed E-state index contributed by atoms with van der Waals surface area (Å²) in [5.41, 5.74) is 0.783. The third-order valence-electron chi connectivity index (χ3n) is 5.40. The molecule has 25 heavy (non-hydrogen) atoms. The van der Waals surface area contributed by atoms with Crippen molar-refractivity contribution >= 4 is 17.6 Å². The van der Waals surface area contributed by atoms with Crippen molar-refractivity contribution in [3.05, 3.63) is 30.3 Å². The molecular formula is C19H28N4O2. The molecule has 0 saturated carbocycles. The molecule has 1 aromatic rings. The van der Waals surface area contributed by atoms with Gasteiger partial charge in [-0.2, -0.15) is 0 Å².